The molecule has 2 N–H and O–H groups in total. The largest absolute Gasteiger partial charge is 0.351 e. The summed E-state index contributed by atoms with van der Waals surface area (Å²) in [5, 5.41) is 5.67. The maximum Gasteiger partial charge on any atom is 0.234 e. The Hall–Kier alpha value is -1.00. The Morgan fingerprint density at radius 3 is 2.80 bits per heavy atom. The number of hydrogen-bond acceptors (Lipinski definition) is 3. The molecule has 0 aliphatic heterocycles. The fraction of sp³-hybridized carbons (Fsp3) is 0.364. The number of amides is 1. The summed E-state index contributed by atoms with van der Waals surface area (Å²) in [4.78, 5) is 12.4. The van der Waals surface area contributed by atoms with Crippen LogP contribution in [0.15, 0.2) is 29.2 Å². The second kappa shape index (κ2) is 6.48. The molecule has 0 aliphatic carbocycles. The average Bonchev–Trinajstić information content (AvgIpc) is 2.27. The highest BCUT2D eigenvalue weighted by atomic mass is 32.2. The SMILES string of the molecule is CNCC(=O)NCc1ccccc1SC. The molecule has 0 aliphatic rings. The number of rotatable bonds is 5. The van der Waals surface area contributed by atoms with E-state index in [4.69, 9.17) is 0 Å². The van der Waals surface area contributed by atoms with Crippen LogP contribution in [-0.2, 0) is 11.3 Å². The molecule has 0 spiro atoms. The molecule has 15 heavy (non-hydrogen) atoms. The molecule has 0 saturated carbocycles. The van der Waals surface area contributed by atoms with E-state index in [1.54, 1.807) is 18.8 Å². The van der Waals surface area contributed by atoms with Crippen molar-refractivity contribution in [3.05, 3.63) is 29.8 Å². The van der Waals surface area contributed by atoms with Gasteiger partial charge in [-0.15, -0.1) is 11.8 Å². The minimum Gasteiger partial charge on any atom is -0.351 e. The van der Waals surface area contributed by atoms with Crippen molar-refractivity contribution in [3.63, 3.8) is 0 Å². The third-order valence-electron chi connectivity index (χ3n) is 2.01. The van der Waals surface area contributed by atoms with E-state index in [1.807, 2.05) is 24.5 Å². The molecule has 0 bridgehead atoms. The molecule has 0 heterocycles. The van der Waals surface area contributed by atoms with Crippen molar-refractivity contribution < 1.29 is 4.79 Å². The maximum atomic E-state index is 11.2. The number of benzene rings is 1. The van der Waals surface area contributed by atoms with Gasteiger partial charge in [-0.1, -0.05) is 18.2 Å². The fourth-order valence-electron chi connectivity index (χ4n) is 1.27. The van der Waals surface area contributed by atoms with Crippen LogP contribution in [0.4, 0.5) is 0 Å². The zero-order chi connectivity index (χ0) is 11.1. The Kier molecular flexibility index (Phi) is 5.21. The van der Waals surface area contributed by atoms with Gasteiger partial charge < -0.3 is 10.6 Å². The zero-order valence-corrected chi connectivity index (χ0v) is 9.86. The molecule has 0 unspecified atom stereocenters. The maximum absolute atomic E-state index is 11.2. The summed E-state index contributed by atoms with van der Waals surface area (Å²) in [7, 11) is 1.76. The lowest BCUT2D eigenvalue weighted by Crippen LogP contribution is -2.31. The Morgan fingerprint density at radius 1 is 1.40 bits per heavy atom. The van der Waals surface area contributed by atoms with Crippen molar-refractivity contribution in [3.8, 4) is 0 Å². The lowest BCUT2D eigenvalue weighted by molar-refractivity contribution is -0.120. The first-order valence-electron chi connectivity index (χ1n) is 4.81. The predicted molar refractivity (Wildman–Crippen MR) is 64.0 cm³/mol. The minimum atomic E-state index is 0.0217. The van der Waals surface area contributed by atoms with Gasteiger partial charge in [0.1, 0.15) is 0 Å². The van der Waals surface area contributed by atoms with Crippen LogP contribution in [0.5, 0.6) is 0 Å². The molecule has 0 radical (unpaired) electrons. The van der Waals surface area contributed by atoms with E-state index >= 15 is 0 Å². The van der Waals surface area contributed by atoms with Crippen molar-refractivity contribution in [2.24, 2.45) is 0 Å². The van der Waals surface area contributed by atoms with Crippen LogP contribution in [0.1, 0.15) is 5.56 Å². The molecule has 82 valence electrons. The van der Waals surface area contributed by atoms with Crippen molar-refractivity contribution in [2.45, 2.75) is 11.4 Å². The van der Waals surface area contributed by atoms with E-state index in [-0.39, 0.29) is 5.91 Å². The van der Waals surface area contributed by atoms with E-state index in [9.17, 15) is 4.79 Å². The van der Waals surface area contributed by atoms with Gasteiger partial charge in [-0.25, -0.2) is 0 Å². The van der Waals surface area contributed by atoms with Crippen molar-refractivity contribution in [1.29, 1.82) is 0 Å². The molecule has 1 rings (SSSR count). The molecule has 0 saturated heterocycles. The smallest absolute Gasteiger partial charge is 0.234 e. The first-order valence-corrected chi connectivity index (χ1v) is 6.03. The first kappa shape index (κ1) is 12.1. The molecule has 1 aromatic carbocycles. The number of thioether (sulfide) groups is 1. The zero-order valence-electron chi connectivity index (χ0n) is 9.04. The average molecular weight is 224 g/mol. The number of nitrogens with one attached hydrogen (secondary N) is 2. The van der Waals surface area contributed by atoms with Crippen LogP contribution in [0.3, 0.4) is 0 Å². The summed E-state index contributed by atoms with van der Waals surface area (Å²) in [6.45, 7) is 0.957. The first-order chi connectivity index (χ1) is 7.27. The Labute approximate surface area is 94.6 Å². The van der Waals surface area contributed by atoms with Crippen LogP contribution in [-0.4, -0.2) is 25.8 Å². The number of carbonyl (C=O) groups excluding carboxylic acids is 1. The lowest BCUT2D eigenvalue weighted by atomic mass is 10.2. The van der Waals surface area contributed by atoms with Gasteiger partial charge >= 0.3 is 0 Å². The quantitative estimate of drug-likeness (QED) is 0.739. The number of carbonyl (C=O) groups is 1. The summed E-state index contributed by atoms with van der Waals surface area (Å²) in [6, 6.07) is 8.08. The Bertz CT molecular complexity index is 328. The van der Waals surface area contributed by atoms with Crippen LogP contribution in [0.2, 0.25) is 0 Å². The number of likely N-dealkylation sites (N-methyl/N-ethyl adjacent to an activating group) is 1. The van der Waals surface area contributed by atoms with E-state index in [2.05, 4.69) is 16.7 Å². The summed E-state index contributed by atoms with van der Waals surface area (Å²) in [6.07, 6.45) is 2.04. The van der Waals surface area contributed by atoms with Crippen LogP contribution < -0.4 is 10.6 Å². The van der Waals surface area contributed by atoms with Crippen molar-refractivity contribution in [1.82, 2.24) is 10.6 Å². The molecule has 3 nitrogen and oxygen atoms in total. The second-order valence-electron chi connectivity index (χ2n) is 3.12. The van der Waals surface area contributed by atoms with E-state index in [1.165, 1.54) is 4.90 Å². The lowest BCUT2D eigenvalue weighted by Gasteiger charge is -2.08. The minimum absolute atomic E-state index is 0.0217. The van der Waals surface area contributed by atoms with E-state index in [0.717, 1.165) is 5.56 Å². The molecule has 0 fully saturated rings. The van der Waals surface area contributed by atoms with Gasteiger partial charge in [0, 0.05) is 11.4 Å². The summed E-state index contributed by atoms with van der Waals surface area (Å²) >= 11 is 1.69. The monoisotopic (exact) mass is 224 g/mol. The van der Waals surface area contributed by atoms with Gasteiger partial charge in [-0.05, 0) is 24.9 Å². The van der Waals surface area contributed by atoms with Gasteiger partial charge in [0.25, 0.3) is 0 Å². The molecule has 0 aromatic heterocycles. The molecular weight excluding hydrogens is 208 g/mol. The van der Waals surface area contributed by atoms with E-state index < -0.39 is 0 Å². The Balaban J connectivity index is 2.53. The van der Waals surface area contributed by atoms with Gasteiger partial charge in [0.05, 0.1) is 6.54 Å². The fourth-order valence-corrected chi connectivity index (χ4v) is 1.88. The predicted octanol–water partition coefficient (Wildman–Crippen LogP) is 1.24. The summed E-state index contributed by atoms with van der Waals surface area (Å²) in [5.41, 5.74) is 1.16. The van der Waals surface area contributed by atoms with Gasteiger partial charge in [-0.2, -0.15) is 0 Å². The molecule has 1 amide bonds. The standard InChI is InChI=1S/C11H16N2OS/c1-12-8-11(14)13-7-9-5-3-4-6-10(9)15-2/h3-6,12H,7-8H2,1-2H3,(H,13,14). The van der Waals surface area contributed by atoms with Crippen LogP contribution in [0.25, 0.3) is 0 Å². The Morgan fingerprint density at radius 2 is 2.13 bits per heavy atom. The highest BCUT2D eigenvalue weighted by molar-refractivity contribution is 7.98. The van der Waals surface area contributed by atoms with Gasteiger partial charge in [-0.3, -0.25) is 4.79 Å². The molecular formula is C11H16N2OS. The van der Waals surface area contributed by atoms with Gasteiger partial charge in [0.15, 0.2) is 0 Å². The highest BCUT2D eigenvalue weighted by Crippen LogP contribution is 2.19. The third-order valence-corrected chi connectivity index (χ3v) is 2.84. The summed E-state index contributed by atoms with van der Waals surface area (Å²) in [5.74, 6) is 0.0217. The van der Waals surface area contributed by atoms with Gasteiger partial charge in [0.2, 0.25) is 5.91 Å². The van der Waals surface area contributed by atoms with Crippen LogP contribution >= 0.6 is 11.8 Å². The molecule has 4 heteroatoms. The normalized spacial score (nSPS) is 10.0. The van der Waals surface area contributed by atoms with Crippen LogP contribution in [0, 0.1) is 0 Å². The van der Waals surface area contributed by atoms with Crippen molar-refractivity contribution >= 4 is 17.7 Å². The summed E-state index contributed by atoms with van der Waals surface area (Å²) < 4.78 is 0. The third kappa shape index (κ3) is 3.93. The van der Waals surface area contributed by atoms with Crippen molar-refractivity contribution in [2.75, 3.05) is 19.8 Å². The number of hydrogen-bond donors (Lipinski definition) is 2. The topological polar surface area (TPSA) is 41.1 Å². The molecule has 1 aromatic rings. The second-order valence-corrected chi connectivity index (χ2v) is 3.97. The highest BCUT2D eigenvalue weighted by Gasteiger charge is 2.02. The molecule has 0 atom stereocenters. The van der Waals surface area contributed by atoms with E-state index in [0.29, 0.717) is 13.1 Å².